The molecule has 1 amide bonds. The predicted molar refractivity (Wildman–Crippen MR) is 95.3 cm³/mol. The summed E-state index contributed by atoms with van der Waals surface area (Å²) in [5.41, 5.74) is 1.30. The molecule has 2 aromatic heterocycles. The minimum Gasteiger partial charge on any atom is -0.302 e. The molecule has 6 nitrogen and oxygen atoms in total. The summed E-state index contributed by atoms with van der Waals surface area (Å²) in [5, 5.41) is 5.49. The van der Waals surface area contributed by atoms with E-state index in [1.165, 1.54) is 29.2 Å². The van der Waals surface area contributed by atoms with Gasteiger partial charge in [0.2, 0.25) is 5.91 Å². The third-order valence-electron chi connectivity index (χ3n) is 3.01. The number of aromatic nitrogens is 3. The van der Waals surface area contributed by atoms with Crippen LogP contribution in [-0.2, 0) is 17.0 Å². The molecule has 0 bridgehead atoms. The Balaban J connectivity index is 1.65. The zero-order valence-electron chi connectivity index (χ0n) is 12.6. The van der Waals surface area contributed by atoms with Gasteiger partial charge in [-0.05, 0) is 5.56 Å². The SMILES string of the molecule is O=C(Cc1cc(=O)[nH]c(SCc2ccccc2)n1)Nc1nccs1. The Labute approximate surface area is 146 Å². The molecule has 3 aromatic rings. The Morgan fingerprint density at radius 2 is 2.12 bits per heavy atom. The van der Waals surface area contributed by atoms with E-state index in [9.17, 15) is 9.59 Å². The highest BCUT2D eigenvalue weighted by molar-refractivity contribution is 7.98. The number of rotatable bonds is 6. The van der Waals surface area contributed by atoms with E-state index in [0.29, 0.717) is 21.7 Å². The number of aromatic amines is 1. The molecule has 122 valence electrons. The van der Waals surface area contributed by atoms with Crippen molar-refractivity contribution in [2.45, 2.75) is 17.3 Å². The van der Waals surface area contributed by atoms with Crippen LogP contribution in [0, 0.1) is 0 Å². The van der Waals surface area contributed by atoms with Crippen molar-refractivity contribution in [2.24, 2.45) is 0 Å². The number of benzene rings is 1. The van der Waals surface area contributed by atoms with Crippen LogP contribution < -0.4 is 10.9 Å². The van der Waals surface area contributed by atoms with Gasteiger partial charge < -0.3 is 10.3 Å². The summed E-state index contributed by atoms with van der Waals surface area (Å²) in [6.45, 7) is 0. The summed E-state index contributed by atoms with van der Waals surface area (Å²) in [6, 6.07) is 11.2. The van der Waals surface area contributed by atoms with Crippen molar-refractivity contribution in [3.63, 3.8) is 0 Å². The summed E-state index contributed by atoms with van der Waals surface area (Å²) < 4.78 is 0. The Hall–Kier alpha value is -2.45. The lowest BCUT2D eigenvalue weighted by Crippen LogP contribution is -2.18. The lowest BCUT2D eigenvalue weighted by molar-refractivity contribution is -0.115. The third kappa shape index (κ3) is 4.77. The van der Waals surface area contributed by atoms with Crippen molar-refractivity contribution in [1.82, 2.24) is 15.0 Å². The van der Waals surface area contributed by atoms with Crippen molar-refractivity contribution in [3.05, 3.63) is 69.6 Å². The van der Waals surface area contributed by atoms with Crippen LogP contribution >= 0.6 is 23.1 Å². The number of hydrogen-bond donors (Lipinski definition) is 2. The topological polar surface area (TPSA) is 87.7 Å². The third-order valence-corrected chi connectivity index (χ3v) is 4.64. The number of anilines is 1. The number of thioether (sulfide) groups is 1. The molecule has 3 rings (SSSR count). The predicted octanol–water partition coefficient (Wildman–Crippen LogP) is 2.70. The molecule has 0 fully saturated rings. The molecule has 2 heterocycles. The quantitative estimate of drug-likeness (QED) is 0.522. The second kappa shape index (κ2) is 7.89. The van der Waals surface area contributed by atoms with Crippen LogP contribution in [0.5, 0.6) is 0 Å². The highest BCUT2D eigenvalue weighted by atomic mass is 32.2. The fraction of sp³-hybridized carbons (Fsp3) is 0.125. The van der Waals surface area contributed by atoms with Gasteiger partial charge in [-0.3, -0.25) is 9.59 Å². The van der Waals surface area contributed by atoms with Crippen LogP contribution in [0.1, 0.15) is 11.3 Å². The van der Waals surface area contributed by atoms with E-state index < -0.39 is 0 Å². The molecular formula is C16H14N4O2S2. The normalized spacial score (nSPS) is 10.5. The second-order valence-electron chi connectivity index (χ2n) is 4.88. The summed E-state index contributed by atoms with van der Waals surface area (Å²) in [4.78, 5) is 34.8. The van der Waals surface area contributed by atoms with Crippen molar-refractivity contribution >= 4 is 34.1 Å². The summed E-state index contributed by atoms with van der Waals surface area (Å²) >= 11 is 2.76. The van der Waals surface area contributed by atoms with Crippen LogP contribution in [0.15, 0.2) is 57.9 Å². The van der Waals surface area contributed by atoms with E-state index in [4.69, 9.17) is 0 Å². The molecule has 0 spiro atoms. The molecule has 0 saturated carbocycles. The second-order valence-corrected chi connectivity index (χ2v) is 6.74. The van der Waals surface area contributed by atoms with Gasteiger partial charge in [0.05, 0.1) is 12.1 Å². The standard InChI is InChI=1S/C16H14N4O2S2/c21-13(19-15-17-6-7-23-15)8-12-9-14(22)20-16(18-12)24-10-11-4-2-1-3-5-11/h1-7,9H,8,10H2,(H,17,19,21)(H,18,20,22). The molecule has 0 aliphatic rings. The first-order chi connectivity index (χ1) is 11.7. The number of nitrogens with zero attached hydrogens (tertiary/aromatic N) is 2. The van der Waals surface area contributed by atoms with Gasteiger partial charge in [-0.2, -0.15) is 0 Å². The molecule has 24 heavy (non-hydrogen) atoms. The molecule has 0 radical (unpaired) electrons. The van der Waals surface area contributed by atoms with Gasteiger partial charge in [-0.15, -0.1) is 11.3 Å². The average Bonchev–Trinajstić information content (AvgIpc) is 3.06. The van der Waals surface area contributed by atoms with Crippen LogP contribution in [0.2, 0.25) is 0 Å². The Bertz CT molecular complexity index is 863. The van der Waals surface area contributed by atoms with E-state index in [1.807, 2.05) is 30.3 Å². The Morgan fingerprint density at radius 1 is 1.29 bits per heavy atom. The first kappa shape index (κ1) is 16.4. The maximum absolute atomic E-state index is 12.0. The lowest BCUT2D eigenvalue weighted by Gasteiger charge is -2.04. The van der Waals surface area contributed by atoms with Crippen LogP contribution in [0.25, 0.3) is 0 Å². The molecule has 2 N–H and O–H groups in total. The Morgan fingerprint density at radius 3 is 2.88 bits per heavy atom. The minimum absolute atomic E-state index is 0.0302. The van der Waals surface area contributed by atoms with Crippen molar-refractivity contribution < 1.29 is 4.79 Å². The zero-order chi connectivity index (χ0) is 16.8. The smallest absolute Gasteiger partial charge is 0.251 e. The minimum atomic E-state index is -0.266. The van der Waals surface area contributed by atoms with Gasteiger partial charge >= 0.3 is 0 Å². The molecule has 0 saturated heterocycles. The van der Waals surface area contributed by atoms with Crippen LogP contribution in [-0.4, -0.2) is 20.9 Å². The van der Waals surface area contributed by atoms with E-state index in [1.54, 1.807) is 11.6 Å². The number of hydrogen-bond acceptors (Lipinski definition) is 6. The van der Waals surface area contributed by atoms with Gasteiger partial charge in [0.25, 0.3) is 5.56 Å². The molecule has 0 unspecified atom stereocenters. The van der Waals surface area contributed by atoms with E-state index in [-0.39, 0.29) is 17.9 Å². The molecular weight excluding hydrogens is 344 g/mol. The van der Waals surface area contributed by atoms with Crippen LogP contribution in [0.4, 0.5) is 5.13 Å². The molecule has 0 aliphatic carbocycles. The van der Waals surface area contributed by atoms with Crippen LogP contribution in [0.3, 0.4) is 0 Å². The number of carbonyl (C=O) groups excluding carboxylic acids is 1. The van der Waals surface area contributed by atoms with Gasteiger partial charge in [-0.1, -0.05) is 42.1 Å². The number of thiazole rings is 1. The van der Waals surface area contributed by atoms with Gasteiger partial charge in [0.1, 0.15) is 0 Å². The van der Waals surface area contributed by atoms with Crippen molar-refractivity contribution in [1.29, 1.82) is 0 Å². The van der Waals surface area contributed by atoms with Gasteiger partial charge in [0, 0.05) is 23.4 Å². The van der Waals surface area contributed by atoms with E-state index in [0.717, 1.165) is 5.56 Å². The monoisotopic (exact) mass is 358 g/mol. The molecule has 0 aliphatic heterocycles. The van der Waals surface area contributed by atoms with Crippen molar-refractivity contribution in [2.75, 3.05) is 5.32 Å². The maximum Gasteiger partial charge on any atom is 0.251 e. The fourth-order valence-corrected chi connectivity index (χ4v) is 3.38. The Kier molecular flexibility index (Phi) is 5.39. The summed E-state index contributed by atoms with van der Waals surface area (Å²) in [6.07, 6.45) is 1.65. The number of amides is 1. The summed E-state index contributed by atoms with van der Waals surface area (Å²) in [7, 11) is 0. The molecule has 8 heteroatoms. The fourth-order valence-electron chi connectivity index (χ4n) is 1.98. The number of H-pyrrole nitrogens is 1. The maximum atomic E-state index is 12.0. The van der Waals surface area contributed by atoms with E-state index in [2.05, 4.69) is 20.3 Å². The first-order valence-corrected chi connectivity index (χ1v) is 9.02. The van der Waals surface area contributed by atoms with Gasteiger partial charge in [0.15, 0.2) is 10.3 Å². The number of carbonyl (C=O) groups is 1. The zero-order valence-corrected chi connectivity index (χ0v) is 14.2. The number of nitrogens with one attached hydrogen (secondary N) is 2. The van der Waals surface area contributed by atoms with Gasteiger partial charge in [-0.25, -0.2) is 9.97 Å². The summed E-state index contributed by atoms with van der Waals surface area (Å²) in [5.74, 6) is 0.445. The molecule has 0 atom stereocenters. The van der Waals surface area contributed by atoms with E-state index >= 15 is 0 Å². The average molecular weight is 358 g/mol. The lowest BCUT2D eigenvalue weighted by atomic mass is 10.2. The largest absolute Gasteiger partial charge is 0.302 e. The highest BCUT2D eigenvalue weighted by Crippen LogP contribution is 2.18. The molecule has 1 aromatic carbocycles. The first-order valence-electron chi connectivity index (χ1n) is 7.15. The highest BCUT2D eigenvalue weighted by Gasteiger charge is 2.09. The van der Waals surface area contributed by atoms with Crippen molar-refractivity contribution in [3.8, 4) is 0 Å².